The minimum absolute atomic E-state index is 0.203. The lowest BCUT2D eigenvalue weighted by atomic mass is 9.40. The average molecular weight is 432 g/mol. The van der Waals surface area contributed by atoms with Crippen molar-refractivity contribution in [3.63, 3.8) is 0 Å². The van der Waals surface area contributed by atoms with Crippen LogP contribution in [0.3, 0.4) is 0 Å². The number of esters is 2. The van der Waals surface area contributed by atoms with Gasteiger partial charge >= 0.3 is 11.9 Å². The molecule has 0 radical (unpaired) electrons. The van der Waals surface area contributed by atoms with Gasteiger partial charge in [-0.15, -0.1) is 0 Å². The van der Waals surface area contributed by atoms with E-state index in [0.29, 0.717) is 17.7 Å². The monoisotopic (exact) mass is 432 g/mol. The number of fused-ring (bicyclic) bond motifs is 4. The van der Waals surface area contributed by atoms with Crippen LogP contribution >= 0.6 is 0 Å². The van der Waals surface area contributed by atoms with Gasteiger partial charge in [-0.1, -0.05) is 13.8 Å². The fourth-order valence-electron chi connectivity index (χ4n) is 6.39. The first-order chi connectivity index (χ1) is 14.4. The standard InChI is InChI=1S/C23H28O8/c1-11(24)30-19-17-14(10-15-13(18(17)27)7-9-29-15)22(5)16(26)6-8-21(3,4)23(22,28)20(19)31-12(2)25/h7,9,14,17,19-20,28H,6,8,10H2,1-5H3/t14-,17+,19+,20-,22-,23+/m0/s1. The van der Waals surface area contributed by atoms with Gasteiger partial charge in [0, 0.05) is 26.7 Å². The summed E-state index contributed by atoms with van der Waals surface area (Å²) >= 11 is 0. The Balaban J connectivity index is 2.01. The van der Waals surface area contributed by atoms with Crippen LogP contribution in [0.25, 0.3) is 0 Å². The van der Waals surface area contributed by atoms with E-state index in [1.165, 1.54) is 20.1 Å². The molecule has 1 heterocycles. The Hall–Kier alpha value is -2.48. The number of Topliss-reactive ketones (excluding diaryl/α,β-unsaturated/α-hetero) is 2. The number of ketones is 2. The van der Waals surface area contributed by atoms with E-state index < -0.39 is 52.4 Å². The second-order valence-electron chi connectivity index (χ2n) is 9.84. The summed E-state index contributed by atoms with van der Waals surface area (Å²) < 4.78 is 16.7. The van der Waals surface area contributed by atoms with E-state index in [1.807, 2.05) is 13.8 Å². The van der Waals surface area contributed by atoms with Crippen molar-refractivity contribution in [2.75, 3.05) is 0 Å². The first kappa shape index (κ1) is 21.7. The predicted molar refractivity (Wildman–Crippen MR) is 106 cm³/mol. The first-order valence-corrected chi connectivity index (χ1v) is 10.6. The Labute approximate surface area is 180 Å². The van der Waals surface area contributed by atoms with Crippen molar-refractivity contribution in [1.29, 1.82) is 0 Å². The second kappa shape index (κ2) is 6.76. The molecular formula is C23H28O8. The molecule has 2 fully saturated rings. The number of hydrogen-bond acceptors (Lipinski definition) is 8. The van der Waals surface area contributed by atoms with Crippen LogP contribution in [0.2, 0.25) is 0 Å². The molecule has 1 aromatic rings. The minimum atomic E-state index is -1.87. The first-order valence-electron chi connectivity index (χ1n) is 10.6. The van der Waals surface area contributed by atoms with E-state index in [9.17, 15) is 24.3 Å². The highest BCUT2D eigenvalue weighted by atomic mass is 16.6. The highest BCUT2D eigenvalue weighted by Crippen LogP contribution is 2.65. The van der Waals surface area contributed by atoms with Crippen LogP contribution in [0.4, 0.5) is 0 Å². The highest BCUT2D eigenvalue weighted by Gasteiger charge is 2.77. The van der Waals surface area contributed by atoms with Crippen LogP contribution in [-0.4, -0.2) is 46.4 Å². The second-order valence-corrected chi connectivity index (χ2v) is 9.84. The van der Waals surface area contributed by atoms with Gasteiger partial charge in [0.05, 0.1) is 23.2 Å². The van der Waals surface area contributed by atoms with Gasteiger partial charge in [-0.2, -0.15) is 0 Å². The summed E-state index contributed by atoms with van der Waals surface area (Å²) in [6.07, 6.45) is -0.393. The summed E-state index contributed by atoms with van der Waals surface area (Å²) in [5.41, 5.74) is -3.80. The Morgan fingerprint density at radius 2 is 1.77 bits per heavy atom. The normalized spacial score (nSPS) is 38.5. The number of ether oxygens (including phenoxy) is 2. The molecule has 0 aromatic carbocycles. The SMILES string of the molecule is CC(=O)O[C@@H]1[C@H]2C(=O)c3ccoc3C[C@@H]2[C@@]2(C)C(=O)CCC(C)(C)[C@]2(O)[C@H]1OC(C)=O. The lowest BCUT2D eigenvalue weighted by Crippen LogP contribution is -2.79. The van der Waals surface area contributed by atoms with Crippen LogP contribution in [0.1, 0.15) is 63.6 Å². The van der Waals surface area contributed by atoms with Gasteiger partial charge in [0.2, 0.25) is 0 Å². The van der Waals surface area contributed by atoms with Crippen molar-refractivity contribution >= 4 is 23.5 Å². The Kier molecular flexibility index (Phi) is 4.74. The minimum Gasteiger partial charge on any atom is -0.469 e. The van der Waals surface area contributed by atoms with Crippen LogP contribution in [0, 0.1) is 22.7 Å². The van der Waals surface area contributed by atoms with E-state index in [4.69, 9.17) is 13.9 Å². The van der Waals surface area contributed by atoms with Gasteiger partial charge in [-0.05, 0) is 30.7 Å². The van der Waals surface area contributed by atoms with E-state index >= 15 is 0 Å². The van der Waals surface area contributed by atoms with E-state index in [0.717, 1.165) is 0 Å². The molecule has 0 bridgehead atoms. The van der Waals surface area contributed by atoms with Gasteiger partial charge in [-0.25, -0.2) is 0 Å². The third-order valence-corrected chi connectivity index (χ3v) is 7.93. The third-order valence-electron chi connectivity index (χ3n) is 7.93. The summed E-state index contributed by atoms with van der Waals surface area (Å²) in [7, 11) is 0. The zero-order chi connectivity index (χ0) is 22.9. The van der Waals surface area contributed by atoms with Crippen molar-refractivity contribution in [1.82, 2.24) is 0 Å². The molecule has 0 saturated heterocycles. The highest BCUT2D eigenvalue weighted by molar-refractivity contribution is 6.02. The molecule has 8 nitrogen and oxygen atoms in total. The average Bonchev–Trinajstić information content (AvgIpc) is 3.14. The van der Waals surface area contributed by atoms with Crippen molar-refractivity contribution in [3.05, 3.63) is 23.7 Å². The Morgan fingerprint density at radius 1 is 1.13 bits per heavy atom. The number of aliphatic hydroxyl groups is 1. The molecule has 0 amide bonds. The zero-order valence-electron chi connectivity index (χ0n) is 18.4. The van der Waals surface area contributed by atoms with Crippen LogP contribution in [0.5, 0.6) is 0 Å². The summed E-state index contributed by atoms with van der Waals surface area (Å²) in [4.78, 5) is 51.2. The smallest absolute Gasteiger partial charge is 0.303 e. The lowest BCUT2D eigenvalue weighted by molar-refractivity contribution is -0.296. The molecule has 168 valence electrons. The fraction of sp³-hybridized carbons (Fsp3) is 0.652. The van der Waals surface area contributed by atoms with Crippen LogP contribution in [-0.2, 0) is 30.3 Å². The topological polar surface area (TPSA) is 120 Å². The quantitative estimate of drug-likeness (QED) is 0.707. The maximum atomic E-state index is 13.5. The predicted octanol–water partition coefficient (Wildman–Crippen LogP) is 2.25. The lowest BCUT2D eigenvalue weighted by Gasteiger charge is -2.66. The molecule has 31 heavy (non-hydrogen) atoms. The van der Waals surface area contributed by atoms with Crippen LogP contribution < -0.4 is 0 Å². The van der Waals surface area contributed by atoms with Gasteiger partial charge in [0.1, 0.15) is 17.1 Å². The fourth-order valence-corrected chi connectivity index (χ4v) is 6.39. The number of rotatable bonds is 2. The molecule has 0 unspecified atom stereocenters. The molecule has 1 aromatic heterocycles. The van der Waals surface area contributed by atoms with E-state index in [2.05, 4.69) is 0 Å². The number of hydrogen-bond donors (Lipinski definition) is 1. The molecule has 0 aliphatic heterocycles. The third kappa shape index (κ3) is 2.70. The van der Waals surface area contributed by atoms with E-state index in [1.54, 1.807) is 13.0 Å². The number of carbonyl (C=O) groups excluding carboxylic acids is 4. The van der Waals surface area contributed by atoms with Crippen molar-refractivity contribution in [2.45, 2.75) is 71.7 Å². The molecule has 4 rings (SSSR count). The molecule has 3 aliphatic carbocycles. The zero-order valence-corrected chi connectivity index (χ0v) is 18.4. The van der Waals surface area contributed by atoms with Crippen molar-refractivity contribution < 1.29 is 38.2 Å². The molecular weight excluding hydrogens is 404 g/mol. The van der Waals surface area contributed by atoms with Crippen molar-refractivity contribution in [3.8, 4) is 0 Å². The summed E-state index contributed by atoms with van der Waals surface area (Å²) in [6.45, 7) is 7.65. The molecule has 6 atom stereocenters. The maximum Gasteiger partial charge on any atom is 0.303 e. The summed E-state index contributed by atoms with van der Waals surface area (Å²) in [5.74, 6) is -3.11. The number of furan rings is 1. The van der Waals surface area contributed by atoms with Gasteiger partial charge in [0.25, 0.3) is 0 Å². The van der Waals surface area contributed by atoms with Gasteiger partial charge in [0.15, 0.2) is 18.0 Å². The van der Waals surface area contributed by atoms with Gasteiger partial charge < -0.3 is 19.0 Å². The van der Waals surface area contributed by atoms with E-state index in [-0.39, 0.29) is 24.4 Å². The van der Waals surface area contributed by atoms with Gasteiger partial charge in [-0.3, -0.25) is 19.2 Å². The Morgan fingerprint density at radius 3 is 2.39 bits per heavy atom. The molecule has 8 heteroatoms. The molecule has 3 aliphatic rings. The molecule has 2 saturated carbocycles. The molecule has 0 spiro atoms. The Bertz CT molecular complexity index is 974. The largest absolute Gasteiger partial charge is 0.469 e. The number of carbonyl (C=O) groups is 4. The maximum absolute atomic E-state index is 13.5. The van der Waals surface area contributed by atoms with Crippen LogP contribution in [0.15, 0.2) is 16.7 Å². The van der Waals surface area contributed by atoms with Crippen molar-refractivity contribution in [2.24, 2.45) is 22.7 Å². The summed E-state index contributed by atoms with van der Waals surface area (Å²) in [6, 6.07) is 1.55. The summed E-state index contributed by atoms with van der Waals surface area (Å²) in [5, 5.41) is 12.3. The molecule has 1 N–H and O–H groups in total.